The molecule has 1 fully saturated rings. The average Bonchev–Trinajstić information content (AvgIpc) is 3.16. The number of piperazine rings is 1. The maximum Gasteiger partial charge on any atom is 0.265 e. The summed E-state index contributed by atoms with van der Waals surface area (Å²) in [6.07, 6.45) is 0. The lowest BCUT2D eigenvalue weighted by Crippen LogP contribution is -2.48. The number of carbonyl (C=O) groups is 1. The maximum atomic E-state index is 12.7. The van der Waals surface area contributed by atoms with Crippen molar-refractivity contribution in [3.63, 3.8) is 0 Å². The second-order valence-electron chi connectivity index (χ2n) is 5.17. The second kappa shape index (κ2) is 6.25. The van der Waals surface area contributed by atoms with E-state index in [4.69, 9.17) is 0 Å². The van der Waals surface area contributed by atoms with Gasteiger partial charge in [0.1, 0.15) is 9.88 Å². The Labute approximate surface area is 133 Å². The van der Waals surface area contributed by atoms with Crippen molar-refractivity contribution in [2.75, 3.05) is 32.7 Å². The molecule has 4 nitrogen and oxygen atoms in total. The van der Waals surface area contributed by atoms with Gasteiger partial charge in [-0.05, 0) is 24.9 Å². The van der Waals surface area contributed by atoms with E-state index in [1.165, 1.54) is 11.3 Å². The lowest BCUT2D eigenvalue weighted by Gasteiger charge is -2.33. The van der Waals surface area contributed by atoms with Gasteiger partial charge in [-0.25, -0.2) is 4.98 Å². The third-order valence-electron chi connectivity index (χ3n) is 3.87. The van der Waals surface area contributed by atoms with Gasteiger partial charge in [-0.15, -0.1) is 11.3 Å². The van der Waals surface area contributed by atoms with E-state index < -0.39 is 0 Å². The van der Waals surface area contributed by atoms with Gasteiger partial charge in [0.05, 0.1) is 5.69 Å². The summed E-state index contributed by atoms with van der Waals surface area (Å²) in [5, 5.41) is 5.06. The smallest absolute Gasteiger partial charge is 0.265 e. The summed E-state index contributed by atoms with van der Waals surface area (Å²) < 4.78 is 0. The van der Waals surface area contributed by atoms with Crippen molar-refractivity contribution in [2.24, 2.45) is 0 Å². The summed E-state index contributed by atoms with van der Waals surface area (Å²) in [7, 11) is 0. The Kier molecular flexibility index (Phi) is 4.37. The maximum absolute atomic E-state index is 12.7. The Morgan fingerprint density at radius 1 is 1.33 bits per heavy atom. The van der Waals surface area contributed by atoms with E-state index in [2.05, 4.69) is 28.3 Å². The van der Waals surface area contributed by atoms with E-state index in [9.17, 15) is 4.79 Å². The van der Waals surface area contributed by atoms with Gasteiger partial charge < -0.3 is 9.80 Å². The number of rotatable bonds is 3. The normalized spacial score (nSPS) is 16.4. The third kappa shape index (κ3) is 3.02. The Hall–Kier alpha value is -1.24. The molecule has 3 heterocycles. The molecule has 2 aromatic heterocycles. The van der Waals surface area contributed by atoms with Crippen molar-refractivity contribution in [2.45, 2.75) is 13.8 Å². The Balaban J connectivity index is 1.76. The quantitative estimate of drug-likeness (QED) is 0.872. The molecule has 0 N–H and O–H groups in total. The first-order valence-electron chi connectivity index (χ1n) is 7.20. The molecular formula is C15H19N3OS2. The molecule has 2 aromatic rings. The van der Waals surface area contributed by atoms with Crippen LogP contribution in [0.1, 0.15) is 22.3 Å². The van der Waals surface area contributed by atoms with E-state index in [1.54, 1.807) is 11.3 Å². The summed E-state index contributed by atoms with van der Waals surface area (Å²) >= 11 is 3.17. The van der Waals surface area contributed by atoms with Crippen molar-refractivity contribution < 1.29 is 4.79 Å². The number of aromatic nitrogens is 1. The highest BCUT2D eigenvalue weighted by atomic mass is 32.1. The van der Waals surface area contributed by atoms with Crippen LogP contribution < -0.4 is 0 Å². The minimum Gasteiger partial charge on any atom is -0.335 e. The first-order chi connectivity index (χ1) is 10.2. The van der Waals surface area contributed by atoms with E-state index in [0.717, 1.165) is 53.9 Å². The van der Waals surface area contributed by atoms with Crippen LogP contribution in [0.15, 0.2) is 16.8 Å². The molecule has 1 aliphatic heterocycles. The minimum atomic E-state index is 0.141. The van der Waals surface area contributed by atoms with E-state index in [1.807, 2.05) is 17.2 Å². The monoisotopic (exact) mass is 321 g/mol. The second-order valence-corrected chi connectivity index (χ2v) is 6.95. The molecule has 6 heteroatoms. The van der Waals surface area contributed by atoms with Crippen LogP contribution in [0.25, 0.3) is 10.6 Å². The van der Waals surface area contributed by atoms with Gasteiger partial charge >= 0.3 is 0 Å². The Morgan fingerprint density at radius 3 is 2.71 bits per heavy atom. The van der Waals surface area contributed by atoms with Crippen molar-refractivity contribution >= 4 is 28.6 Å². The lowest BCUT2D eigenvalue weighted by molar-refractivity contribution is 0.0647. The lowest BCUT2D eigenvalue weighted by atomic mass is 10.2. The molecule has 0 saturated carbocycles. The molecule has 0 unspecified atom stereocenters. The fraction of sp³-hybridized carbons (Fsp3) is 0.467. The van der Waals surface area contributed by atoms with Crippen LogP contribution in [0, 0.1) is 6.92 Å². The van der Waals surface area contributed by atoms with Crippen molar-refractivity contribution in [1.82, 2.24) is 14.8 Å². The highest BCUT2D eigenvalue weighted by Crippen LogP contribution is 2.30. The molecular weight excluding hydrogens is 302 g/mol. The summed E-state index contributed by atoms with van der Waals surface area (Å²) in [5.74, 6) is 0.141. The zero-order valence-electron chi connectivity index (χ0n) is 12.3. The number of nitrogens with zero attached hydrogens (tertiary/aromatic N) is 3. The van der Waals surface area contributed by atoms with Crippen molar-refractivity contribution in [3.05, 3.63) is 27.4 Å². The van der Waals surface area contributed by atoms with E-state index in [0.29, 0.717) is 0 Å². The highest BCUT2D eigenvalue weighted by molar-refractivity contribution is 7.17. The van der Waals surface area contributed by atoms with E-state index in [-0.39, 0.29) is 5.91 Å². The largest absolute Gasteiger partial charge is 0.335 e. The average molecular weight is 321 g/mol. The number of hydrogen-bond donors (Lipinski definition) is 0. The fourth-order valence-electron chi connectivity index (χ4n) is 2.52. The number of carbonyl (C=O) groups excluding carboxylic acids is 1. The number of thiophene rings is 1. The topological polar surface area (TPSA) is 36.4 Å². The molecule has 0 atom stereocenters. The molecule has 21 heavy (non-hydrogen) atoms. The molecule has 1 amide bonds. The molecule has 112 valence electrons. The van der Waals surface area contributed by atoms with Crippen molar-refractivity contribution in [3.8, 4) is 10.6 Å². The van der Waals surface area contributed by atoms with Crippen LogP contribution in [-0.2, 0) is 0 Å². The Bertz CT molecular complexity index is 613. The van der Waals surface area contributed by atoms with Crippen LogP contribution >= 0.6 is 22.7 Å². The predicted molar refractivity (Wildman–Crippen MR) is 88.2 cm³/mol. The van der Waals surface area contributed by atoms with E-state index >= 15 is 0 Å². The zero-order valence-corrected chi connectivity index (χ0v) is 14.0. The number of hydrogen-bond acceptors (Lipinski definition) is 5. The summed E-state index contributed by atoms with van der Waals surface area (Å²) in [6, 6.07) is 2.05. The van der Waals surface area contributed by atoms with Gasteiger partial charge in [-0.3, -0.25) is 4.79 Å². The summed E-state index contributed by atoms with van der Waals surface area (Å²) in [4.78, 5) is 22.4. The summed E-state index contributed by atoms with van der Waals surface area (Å²) in [6.45, 7) is 8.73. The molecule has 0 bridgehead atoms. The first kappa shape index (κ1) is 14.7. The molecule has 1 aliphatic rings. The van der Waals surface area contributed by atoms with Crippen LogP contribution in [0.2, 0.25) is 0 Å². The highest BCUT2D eigenvalue weighted by Gasteiger charge is 2.25. The minimum absolute atomic E-state index is 0.141. The van der Waals surface area contributed by atoms with Gasteiger partial charge in [0.15, 0.2) is 0 Å². The number of aryl methyl sites for hydroxylation is 1. The molecule has 1 saturated heterocycles. The van der Waals surface area contributed by atoms with Gasteiger partial charge in [-0.1, -0.05) is 6.92 Å². The standard InChI is InChI=1S/C15H19N3OS2/c1-3-17-5-7-18(8-6-17)15(19)13-11(2)16-14(21-13)12-4-9-20-10-12/h4,9-10H,3,5-8H2,1-2H3. The number of thiazole rings is 1. The molecule has 0 radical (unpaired) electrons. The van der Waals surface area contributed by atoms with Crippen LogP contribution in [0.5, 0.6) is 0 Å². The van der Waals surface area contributed by atoms with Gasteiger partial charge in [0.25, 0.3) is 5.91 Å². The molecule has 3 rings (SSSR count). The summed E-state index contributed by atoms with van der Waals surface area (Å²) in [5.41, 5.74) is 1.96. The van der Waals surface area contributed by atoms with Crippen LogP contribution in [0.3, 0.4) is 0 Å². The van der Waals surface area contributed by atoms with Gasteiger partial charge in [0.2, 0.25) is 0 Å². The van der Waals surface area contributed by atoms with Crippen LogP contribution in [-0.4, -0.2) is 53.4 Å². The predicted octanol–water partition coefficient (Wildman–Crippen LogP) is 2.96. The van der Waals surface area contributed by atoms with Crippen LogP contribution in [0.4, 0.5) is 0 Å². The Morgan fingerprint density at radius 2 is 2.10 bits per heavy atom. The number of likely N-dealkylation sites (N-methyl/N-ethyl adjacent to an activating group) is 1. The van der Waals surface area contributed by atoms with Crippen molar-refractivity contribution in [1.29, 1.82) is 0 Å². The van der Waals surface area contributed by atoms with Gasteiger partial charge in [-0.2, -0.15) is 11.3 Å². The zero-order chi connectivity index (χ0) is 14.8. The fourth-order valence-corrected chi connectivity index (χ4v) is 4.26. The molecule has 0 aliphatic carbocycles. The third-order valence-corrected chi connectivity index (χ3v) is 5.74. The molecule has 0 spiro atoms. The first-order valence-corrected chi connectivity index (χ1v) is 8.96. The SMILES string of the molecule is CCN1CCN(C(=O)c2sc(-c3ccsc3)nc2C)CC1. The molecule has 0 aromatic carbocycles. The number of amides is 1. The van der Waals surface area contributed by atoms with Gasteiger partial charge in [0, 0.05) is 37.1 Å².